The molecule has 56 valence electrons. The van der Waals surface area contributed by atoms with Crippen LogP contribution in [0.15, 0.2) is 12.2 Å². The van der Waals surface area contributed by atoms with Crippen molar-refractivity contribution in [1.29, 1.82) is 0 Å². The molecule has 0 aliphatic carbocycles. The zero-order chi connectivity index (χ0) is 7.66. The van der Waals surface area contributed by atoms with E-state index in [0.717, 1.165) is 12.8 Å². The number of aliphatic hydroxyl groups is 1. The van der Waals surface area contributed by atoms with Gasteiger partial charge in [0.05, 0.1) is 6.61 Å². The predicted molar refractivity (Wildman–Crippen MR) is 44.0 cm³/mol. The van der Waals surface area contributed by atoms with E-state index in [0.29, 0.717) is 5.88 Å². The molecule has 1 nitrogen and oxygen atoms in total. The van der Waals surface area contributed by atoms with Crippen molar-refractivity contribution in [1.82, 2.24) is 0 Å². The molecule has 10 heavy (non-hydrogen) atoms. The minimum atomic E-state index is 0.0597. The fraction of sp³-hybridized carbons (Fsp3) is 0.500. The number of aliphatic hydroxyl groups excluding tert-OH is 1. The van der Waals surface area contributed by atoms with Crippen molar-refractivity contribution >= 4 is 11.6 Å². The summed E-state index contributed by atoms with van der Waals surface area (Å²) >= 11 is 5.42. The molecule has 0 aliphatic rings. The van der Waals surface area contributed by atoms with E-state index in [4.69, 9.17) is 16.7 Å². The summed E-state index contributed by atoms with van der Waals surface area (Å²) in [4.78, 5) is 0. The molecule has 0 bridgehead atoms. The Labute approximate surface area is 66.7 Å². The highest BCUT2D eigenvalue weighted by atomic mass is 35.5. The van der Waals surface area contributed by atoms with E-state index in [2.05, 4.69) is 11.8 Å². The number of hydrogen-bond acceptors (Lipinski definition) is 1. The summed E-state index contributed by atoms with van der Waals surface area (Å²) < 4.78 is 0. The average Bonchev–Trinajstić information content (AvgIpc) is 1.97. The largest absolute Gasteiger partial charge is 0.392 e. The standard InChI is InChI=1S/C8H11ClO/c9-7-5-3-1-2-4-6-8-10/h4,6,10H,3,5,7-8H2/b6-4-. The summed E-state index contributed by atoms with van der Waals surface area (Å²) in [6, 6.07) is 0. The lowest BCUT2D eigenvalue weighted by atomic mass is 10.3. The van der Waals surface area contributed by atoms with E-state index in [9.17, 15) is 0 Å². The molecular weight excluding hydrogens is 148 g/mol. The molecule has 1 N–H and O–H groups in total. The van der Waals surface area contributed by atoms with Crippen LogP contribution in [0.3, 0.4) is 0 Å². The van der Waals surface area contributed by atoms with Crippen LogP contribution < -0.4 is 0 Å². The van der Waals surface area contributed by atoms with Crippen LogP contribution in [0.2, 0.25) is 0 Å². The Hall–Kier alpha value is -0.450. The van der Waals surface area contributed by atoms with Gasteiger partial charge in [0.2, 0.25) is 0 Å². The number of allylic oxidation sites excluding steroid dienone is 1. The highest BCUT2D eigenvalue weighted by Gasteiger charge is 1.75. The minimum Gasteiger partial charge on any atom is -0.392 e. The molecule has 0 saturated carbocycles. The van der Waals surface area contributed by atoms with Gasteiger partial charge in [0.1, 0.15) is 0 Å². The van der Waals surface area contributed by atoms with Crippen LogP contribution in [0.1, 0.15) is 12.8 Å². The van der Waals surface area contributed by atoms with Gasteiger partial charge in [-0.3, -0.25) is 0 Å². The lowest BCUT2D eigenvalue weighted by Crippen LogP contribution is -1.71. The Balaban J connectivity index is 3.22. The number of alkyl halides is 1. The second-order valence-corrected chi connectivity index (χ2v) is 2.08. The summed E-state index contributed by atoms with van der Waals surface area (Å²) in [5.41, 5.74) is 0. The molecule has 0 aromatic rings. The second kappa shape index (κ2) is 8.55. The highest BCUT2D eigenvalue weighted by Crippen LogP contribution is 1.88. The van der Waals surface area contributed by atoms with Crippen molar-refractivity contribution in [3.05, 3.63) is 12.2 Å². The van der Waals surface area contributed by atoms with Gasteiger partial charge >= 0.3 is 0 Å². The lowest BCUT2D eigenvalue weighted by Gasteiger charge is -1.80. The van der Waals surface area contributed by atoms with Crippen LogP contribution in [0.4, 0.5) is 0 Å². The first kappa shape index (κ1) is 9.55. The van der Waals surface area contributed by atoms with Crippen molar-refractivity contribution in [2.45, 2.75) is 12.8 Å². The van der Waals surface area contributed by atoms with Crippen molar-refractivity contribution in [3.8, 4) is 11.8 Å². The van der Waals surface area contributed by atoms with Crippen molar-refractivity contribution in [2.24, 2.45) is 0 Å². The third-order valence-electron chi connectivity index (χ3n) is 0.844. The van der Waals surface area contributed by atoms with Crippen molar-refractivity contribution in [2.75, 3.05) is 12.5 Å². The smallest absolute Gasteiger partial charge is 0.0621 e. The Kier molecular flexibility index (Phi) is 8.17. The molecule has 0 saturated heterocycles. The molecule has 0 radical (unpaired) electrons. The van der Waals surface area contributed by atoms with Gasteiger partial charge in [0, 0.05) is 12.3 Å². The van der Waals surface area contributed by atoms with Crippen LogP contribution in [-0.4, -0.2) is 17.6 Å². The van der Waals surface area contributed by atoms with Gasteiger partial charge in [0.15, 0.2) is 0 Å². The first-order valence-electron chi connectivity index (χ1n) is 3.22. The van der Waals surface area contributed by atoms with Crippen LogP contribution in [0, 0.1) is 11.8 Å². The van der Waals surface area contributed by atoms with Gasteiger partial charge in [-0.1, -0.05) is 17.9 Å². The molecule has 0 aliphatic heterocycles. The molecule has 0 atom stereocenters. The second-order valence-electron chi connectivity index (χ2n) is 1.70. The minimum absolute atomic E-state index is 0.0597. The third kappa shape index (κ3) is 7.55. The van der Waals surface area contributed by atoms with Gasteiger partial charge < -0.3 is 5.11 Å². The van der Waals surface area contributed by atoms with E-state index in [-0.39, 0.29) is 6.61 Å². The maximum absolute atomic E-state index is 8.29. The topological polar surface area (TPSA) is 20.2 Å². The zero-order valence-electron chi connectivity index (χ0n) is 5.81. The van der Waals surface area contributed by atoms with Gasteiger partial charge in [-0.05, 0) is 12.5 Å². The molecule has 0 spiro atoms. The summed E-state index contributed by atoms with van der Waals surface area (Å²) in [5.74, 6) is 6.33. The Morgan fingerprint density at radius 1 is 1.50 bits per heavy atom. The summed E-state index contributed by atoms with van der Waals surface area (Å²) in [6.45, 7) is 0.0597. The Morgan fingerprint density at radius 2 is 2.30 bits per heavy atom. The van der Waals surface area contributed by atoms with E-state index < -0.39 is 0 Å². The fourth-order valence-electron chi connectivity index (χ4n) is 0.398. The molecule has 0 unspecified atom stereocenters. The molecule has 0 aromatic carbocycles. The molecule has 0 fully saturated rings. The van der Waals surface area contributed by atoms with Gasteiger partial charge in [-0.2, -0.15) is 0 Å². The first-order valence-corrected chi connectivity index (χ1v) is 3.75. The Bertz CT molecular complexity index is 141. The SMILES string of the molecule is OC/C=C\C#CCCCCl. The Morgan fingerprint density at radius 3 is 2.90 bits per heavy atom. The third-order valence-corrected chi connectivity index (χ3v) is 1.11. The van der Waals surface area contributed by atoms with Crippen molar-refractivity contribution in [3.63, 3.8) is 0 Å². The van der Waals surface area contributed by atoms with Crippen LogP contribution in [0.25, 0.3) is 0 Å². The fourth-order valence-corrected chi connectivity index (χ4v) is 0.532. The zero-order valence-corrected chi connectivity index (χ0v) is 6.56. The summed E-state index contributed by atoms with van der Waals surface area (Å²) in [5, 5.41) is 8.29. The first-order chi connectivity index (χ1) is 4.91. The average molecular weight is 159 g/mol. The number of rotatable bonds is 3. The van der Waals surface area contributed by atoms with Gasteiger partial charge in [-0.25, -0.2) is 0 Å². The van der Waals surface area contributed by atoms with E-state index in [1.165, 1.54) is 0 Å². The number of halogens is 1. The van der Waals surface area contributed by atoms with Crippen molar-refractivity contribution < 1.29 is 5.11 Å². The summed E-state index contributed by atoms with van der Waals surface area (Å²) in [6.07, 6.45) is 5.02. The van der Waals surface area contributed by atoms with Crippen LogP contribution in [0.5, 0.6) is 0 Å². The monoisotopic (exact) mass is 158 g/mol. The van der Waals surface area contributed by atoms with Crippen LogP contribution in [-0.2, 0) is 0 Å². The van der Waals surface area contributed by atoms with E-state index >= 15 is 0 Å². The summed E-state index contributed by atoms with van der Waals surface area (Å²) in [7, 11) is 0. The molecule has 0 amide bonds. The molecule has 0 aromatic heterocycles. The number of hydrogen-bond donors (Lipinski definition) is 1. The van der Waals surface area contributed by atoms with E-state index in [1.807, 2.05) is 0 Å². The van der Waals surface area contributed by atoms with E-state index in [1.54, 1.807) is 12.2 Å². The molecular formula is C8H11ClO. The molecule has 2 heteroatoms. The van der Waals surface area contributed by atoms with Crippen LogP contribution >= 0.6 is 11.6 Å². The maximum atomic E-state index is 8.29. The number of unbranched alkanes of at least 4 members (excludes halogenated alkanes) is 1. The van der Waals surface area contributed by atoms with Gasteiger partial charge in [-0.15, -0.1) is 11.6 Å². The highest BCUT2D eigenvalue weighted by molar-refractivity contribution is 6.17. The molecule has 0 heterocycles. The maximum Gasteiger partial charge on any atom is 0.0621 e. The predicted octanol–water partition coefficient (Wildman–Crippen LogP) is 1.56. The van der Waals surface area contributed by atoms with Gasteiger partial charge in [0.25, 0.3) is 0 Å². The molecule has 0 rings (SSSR count). The lowest BCUT2D eigenvalue weighted by molar-refractivity contribution is 0.343. The normalized spacial score (nSPS) is 9.40. The quantitative estimate of drug-likeness (QED) is 0.376.